The van der Waals surface area contributed by atoms with E-state index in [9.17, 15) is 23.3 Å². The zero-order valence-electron chi connectivity index (χ0n) is 12.1. The van der Waals surface area contributed by atoms with Crippen molar-refractivity contribution in [3.63, 3.8) is 0 Å². The Bertz CT molecular complexity index is 1020. The smallest absolute Gasteiger partial charge is 0.296 e. The normalized spacial score (nSPS) is 11.2. The fourth-order valence-corrected chi connectivity index (χ4v) is 4.22. The number of benzene rings is 1. The van der Waals surface area contributed by atoms with Crippen molar-refractivity contribution in [2.75, 3.05) is 5.32 Å². The summed E-state index contributed by atoms with van der Waals surface area (Å²) in [5.74, 6) is -0.666. The van der Waals surface area contributed by atoms with Crippen molar-refractivity contribution in [1.29, 1.82) is 0 Å². The van der Waals surface area contributed by atoms with Crippen molar-refractivity contribution in [1.82, 2.24) is 10.1 Å². The predicted octanol–water partition coefficient (Wildman–Crippen LogP) is 2.12. The first kappa shape index (κ1) is 16.7. The molecular formula is C13H8N4O6S2. The predicted molar refractivity (Wildman–Crippen MR) is 85.1 cm³/mol. The zero-order valence-corrected chi connectivity index (χ0v) is 13.8. The zero-order chi connectivity index (χ0) is 18.0. The molecule has 0 aliphatic heterocycles. The molecule has 2 aromatic heterocycles. The number of nitro benzene ring substituents is 1. The van der Waals surface area contributed by atoms with Gasteiger partial charge in [0.1, 0.15) is 4.21 Å². The highest BCUT2D eigenvalue weighted by Gasteiger charge is 2.23. The third-order valence-corrected chi connectivity index (χ3v) is 6.13. The Hall–Kier alpha value is -3.12. The number of hydrogen-bond donors (Lipinski definition) is 1. The summed E-state index contributed by atoms with van der Waals surface area (Å²) in [7, 11) is -3.90. The molecule has 0 aliphatic rings. The Morgan fingerprint density at radius 2 is 1.96 bits per heavy atom. The van der Waals surface area contributed by atoms with Crippen LogP contribution in [0.5, 0.6) is 0 Å². The summed E-state index contributed by atoms with van der Waals surface area (Å²) in [6.07, 6.45) is 2.39. The molecule has 1 aromatic carbocycles. The molecule has 0 saturated carbocycles. The van der Waals surface area contributed by atoms with Gasteiger partial charge < -0.3 is 4.52 Å². The Morgan fingerprint density at radius 3 is 2.56 bits per heavy atom. The van der Waals surface area contributed by atoms with Gasteiger partial charge in [-0.3, -0.25) is 20.2 Å². The van der Waals surface area contributed by atoms with E-state index in [1.54, 1.807) is 0 Å². The number of amides is 1. The van der Waals surface area contributed by atoms with E-state index in [-0.39, 0.29) is 25.7 Å². The van der Waals surface area contributed by atoms with Crippen LogP contribution >= 0.6 is 11.3 Å². The standard InChI is InChI=1S/C13H8N4O6S2/c18-12(10-5-6-15-23-10)16-13-14-7-11(24-13)25(21,22)9-3-1-8(2-4-9)17(19)20/h1-7H,(H,14,16,18). The van der Waals surface area contributed by atoms with Gasteiger partial charge in [-0.05, 0) is 12.1 Å². The highest BCUT2D eigenvalue weighted by Crippen LogP contribution is 2.29. The molecule has 10 nitrogen and oxygen atoms in total. The molecule has 0 bridgehead atoms. The molecule has 12 heteroatoms. The molecule has 0 saturated heterocycles. The second-order valence-corrected chi connectivity index (χ2v) is 7.78. The molecular weight excluding hydrogens is 372 g/mol. The summed E-state index contributed by atoms with van der Waals surface area (Å²) in [5.41, 5.74) is -0.219. The third kappa shape index (κ3) is 3.39. The molecule has 2 heterocycles. The largest absolute Gasteiger partial charge is 0.351 e. The van der Waals surface area contributed by atoms with Gasteiger partial charge in [-0.1, -0.05) is 16.5 Å². The SMILES string of the molecule is O=C(Nc1ncc(S(=O)(=O)c2ccc([N+](=O)[O-])cc2)s1)c1ccno1. The molecule has 0 radical (unpaired) electrons. The average molecular weight is 380 g/mol. The lowest BCUT2D eigenvalue weighted by Crippen LogP contribution is -2.10. The number of sulfone groups is 1. The van der Waals surface area contributed by atoms with Gasteiger partial charge in [-0.25, -0.2) is 13.4 Å². The summed E-state index contributed by atoms with van der Waals surface area (Å²) in [5, 5.41) is 16.5. The number of thiazole rings is 1. The number of carbonyl (C=O) groups excluding carboxylic acids is 1. The van der Waals surface area contributed by atoms with E-state index in [0.717, 1.165) is 41.8 Å². The molecule has 0 fully saturated rings. The first-order valence-electron chi connectivity index (χ1n) is 6.55. The third-order valence-electron chi connectivity index (χ3n) is 2.99. The number of nitrogens with one attached hydrogen (secondary N) is 1. The van der Waals surface area contributed by atoms with E-state index in [1.165, 1.54) is 12.3 Å². The Morgan fingerprint density at radius 1 is 1.24 bits per heavy atom. The molecule has 25 heavy (non-hydrogen) atoms. The van der Waals surface area contributed by atoms with Crippen molar-refractivity contribution in [2.45, 2.75) is 9.10 Å². The number of aromatic nitrogens is 2. The van der Waals surface area contributed by atoms with E-state index in [4.69, 9.17) is 0 Å². The summed E-state index contributed by atoms with van der Waals surface area (Å²) in [4.78, 5) is 25.5. The molecule has 1 N–H and O–H groups in total. The Labute approximate surface area is 144 Å². The minimum absolute atomic E-state index is 0.0463. The first-order valence-corrected chi connectivity index (χ1v) is 8.85. The number of rotatable bonds is 5. The molecule has 1 amide bonds. The number of nitro groups is 1. The number of hydrogen-bond acceptors (Lipinski definition) is 9. The lowest BCUT2D eigenvalue weighted by molar-refractivity contribution is -0.384. The van der Waals surface area contributed by atoms with Gasteiger partial charge in [0.15, 0.2) is 5.13 Å². The van der Waals surface area contributed by atoms with E-state index >= 15 is 0 Å². The van der Waals surface area contributed by atoms with Gasteiger partial charge in [0.05, 0.1) is 22.2 Å². The molecule has 0 aliphatic carbocycles. The summed E-state index contributed by atoms with van der Waals surface area (Å²) in [6, 6.07) is 5.82. The first-order chi connectivity index (χ1) is 11.9. The van der Waals surface area contributed by atoms with Crippen molar-refractivity contribution in [3.05, 3.63) is 58.6 Å². The van der Waals surface area contributed by atoms with Crippen molar-refractivity contribution >= 4 is 37.9 Å². The molecule has 0 spiro atoms. The molecule has 0 unspecified atom stereocenters. The van der Waals surface area contributed by atoms with Gasteiger partial charge in [0.25, 0.3) is 11.6 Å². The van der Waals surface area contributed by atoms with Gasteiger partial charge >= 0.3 is 0 Å². The Kier molecular flexibility index (Phi) is 4.29. The number of nitrogens with zero attached hydrogens (tertiary/aromatic N) is 3. The van der Waals surface area contributed by atoms with Crippen LogP contribution in [0.1, 0.15) is 10.6 Å². The molecule has 128 valence electrons. The maximum atomic E-state index is 12.5. The van der Waals surface area contributed by atoms with E-state index in [2.05, 4.69) is 20.0 Å². The van der Waals surface area contributed by atoms with Gasteiger partial charge in [-0.15, -0.1) is 0 Å². The number of non-ortho nitro benzene ring substituents is 1. The van der Waals surface area contributed by atoms with E-state index in [1.807, 2.05) is 0 Å². The summed E-state index contributed by atoms with van der Waals surface area (Å²) >= 11 is 0.744. The van der Waals surface area contributed by atoms with Crippen LogP contribution in [0.4, 0.5) is 10.8 Å². The topological polar surface area (TPSA) is 145 Å². The van der Waals surface area contributed by atoms with E-state index < -0.39 is 20.7 Å². The minimum atomic E-state index is -3.90. The molecule has 3 rings (SSSR count). The monoisotopic (exact) mass is 380 g/mol. The van der Waals surface area contributed by atoms with Crippen LogP contribution in [0.3, 0.4) is 0 Å². The van der Waals surface area contributed by atoms with Crippen molar-refractivity contribution in [2.24, 2.45) is 0 Å². The average Bonchev–Trinajstić information content (AvgIpc) is 3.26. The van der Waals surface area contributed by atoms with Gasteiger partial charge in [0.2, 0.25) is 15.6 Å². The number of anilines is 1. The van der Waals surface area contributed by atoms with Crippen LogP contribution in [0.15, 0.2) is 56.4 Å². The van der Waals surface area contributed by atoms with Crippen LogP contribution in [0.2, 0.25) is 0 Å². The van der Waals surface area contributed by atoms with Crippen LogP contribution in [-0.2, 0) is 9.84 Å². The second kappa shape index (κ2) is 6.41. The van der Waals surface area contributed by atoms with Crippen LogP contribution in [0, 0.1) is 10.1 Å². The van der Waals surface area contributed by atoms with Gasteiger partial charge in [-0.2, -0.15) is 0 Å². The maximum Gasteiger partial charge on any atom is 0.296 e. The molecule has 0 atom stereocenters. The molecule has 3 aromatic rings. The van der Waals surface area contributed by atoms with Crippen LogP contribution in [-0.4, -0.2) is 29.4 Å². The lowest BCUT2D eigenvalue weighted by Gasteiger charge is -2.00. The van der Waals surface area contributed by atoms with Crippen LogP contribution in [0.25, 0.3) is 0 Å². The second-order valence-electron chi connectivity index (χ2n) is 4.57. The summed E-state index contributed by atoms with van der Waals surface area (Å²) in [6.45, 7) is 0. The van der Waals surface area contributed by atoms with Crippen LogP contribution < -0.4 is 5.32 Å². The fraction of sp³-hybridized carbons (Fsp3) is 0. The fourth-order valence-electron chi connectivity index (χ4n) is 1.80. The number of carbonyl (C=O) groups is 1. The quantitative estimate of drug-likeness (QED) is 0.523. The van der Waals surface area contributed by atoms with E-state index in [0.29, 0.717) is 0 Å². The highest BCUT2D eigenvalue weighted by atomic mass is 32.2. The summed E-state index contributed by atoms with van der Waals surface area (Å²) < 4.78 is 29.6. The highest BCUT2D eigenvalue weighted by molar-refractivity contribution is 7.93. The van der Waals surface area contributed by atoms with Gasteiger partial charge in [0, 0.05) is 18.2 Å². The Balaban J connectivity index is 1.83. The van der Waals surface area contributed by atoms with Crippen molar-refractivity contribution in [3.8, 4) is 0 Å². The maximum absolute atomic E-state index is 12.5. The van der Waals surface area contributed by atoms with Crippen molar-refractivity contribution < 1.29 is 22.7 Å². The minimum Gasteiger partial charge on any atom is -0.351 e. The lowest BCUT2D eigenvalue weighted by atomic mass is 10.3.